The molecule has 2 aromatic rings. The van der Waals surface area contributed by atoms with Gasteiger partial charge in [0.2, 0.25) is 0 Å². The fraction of sp³-hybridized carbons (Fsp3) is 0.294. The van der Waals surface area contributed by atoms with E-state index in [0.717, 1.165) is 10.0 Å². The topological polar surface area (TPSA) is 51.7 Å². The van der Waals surface area contributed by atoms with E-state index in [2.05, 4.69) is 20.9 Å². The first kappa shape index (κ1) is 17.4. The van der Waals surface area contributed by atoms with Crippen LogP contribution in [0.25, 0.3) is 0 Å². The SMILES string of the molecule is COCCCN(C(=O)OCc1ccccc1)c1ccc(Br)cn1. The van der Waals surface area contributed by atoms with Gasteiger partial charge in [0.15, 0.2) is 0 Å². The maximum absolute atomic E-state index is 12.4. The summed E-state index contributed by atoms with van der Waals surface area (Å²) in [6.07, 6.45) is 1.94. The van der Waals surface area contributed by atoms with E-state index in [0.29, 0.717) is 25.4 Å². The van der Waals surface area contributed by atoms with E-state index in [9.17, 15) is 4.79 Å². The van der Waals surface area contributed by atoms with Crippen molar-refractivity contribution in [3.05, 3.63) is 58.7 Å². The number of pyridine rings is 1. The summed E-state index contributed by atoms with van der Waals surface area (Å²) in [6.45, 7) is 1.28. The van der Waals surface area contributed by atoms with E-state index in [1.165, 1.54) is 4.90 Å². The second kappa shape index (κ2) is 9.27. The van der Waals surface area contributed by atoms with Crippen molar-refractivity contribution in [2.75, 3.05) is 25.2 Å². The lowest BCUT2D eigenvalue weighted by molar-refractivity contribution is 0.145. The largest absolute Gasteiger partial charge is 0.444 e. The van der Waals surface area contributed by atoms with Gasteiger partial charge in [-0.2, -0.15) is 0 Å². The maximum Gasteiger partial charge on any atom is 0.415 e. The molecule has 0 bridgehead atoms. The normalized spacial score (nSPS) is 10.3. The minimum Gasteiger partial charge on any atom is -0.444 e. The Morgan fingerprint density at radius 3 is 2.65 bits per heavy atom. The molecule has 1 aromatic carbocycles. The zero-order chi connectivity index (χ0) is 16.5. The van der Waals surface area contributed by atoms with Crippen molar-refractivity contribution in [3.8, 4) is 0 Å². The van der Waals surface area contributed by atoms with Crippen molar-refractivity contribution in [3.63, 3.8) is 0 Å². The second-order valence-corrected chi connectivity index (χ2v) is 5.79. The summed E-state index contributed by atoms with van der Waals surface area (Å²) in [5.74, 6) is 0.558. The third kappa shape index (κ3) is 5.65. The van der Waals surface area contributed by atoms with Crippen LogP contribution in [-0.4, -0.2) is 31.3 Å². The predicted octanol–water partition coefficient (Wildman–Crippen LogP) is 4.02. The Hall–Kier alpha value is -1.92. The van der Waals surface area contributed by atoms with Gasteiger partial charge in [0.25, 0.3) is 0 Å². The number of amides is 1. The Bertz CT molecular complexity index is 605. The molecule has 122 valence electrons. The van der Waals surface area contributed by atoms with Crippen LogP contribution in [0.4, 0.5) is 10.6 Å². The van der Waals surface area contributed by atoms with E-state index in [1.54, 1.807) is 19.4 Å². The summed E-state index contributed by atoms with van der Waals surface area (Å²) in [6, 6.07) is 13.2. The average molecular weight is 379 g/mol. The van der Waals surface area contributed by atoms with Gasteiger partial charge in [0.05, 0.1) is 0 Å². The molecule has 1 amide bonds. The van der Waals surface area contributed by atoms with Gasteiger partial charge in [-0.1, -0.05) is 30.3 Å². The van der Waals surface area contributed by atoms with Crippen molar-refractivity contribution in [1.29, 1.82) is 0 Å². The van der Waals surface area contributed by atoms with Gasteiger partial charge in [-0.25, -0.2) is 9.78 Å². The van der Waals surface area contributed by atoms with Crippen molar-refractivity contribution >= 4 is 27.8 Å². The number of ether oxygens (including phenoxy) is 2. The van der Waals surface area contributed by atoms with E-state index in [1.807, 2.05) is 36.4 Å². The number of rotatable bonds is 7. The molecule has 1 heterocycles. The highest BCUT2D eigenvalue weighted by Crippen LogP contribution is 2.16. The molecule has 5 nitrogen and oxygen atoms in total. The number of carbonyl (C=O) groups is 1. The predicted molar refractivity (Wildman–Crippen MR) is 92.4 cm³/mol. The van der Waals surface area contributed by atoms with E-state index in [-0.39, 0.29) is 6.61 Å². The number of aromatic nitrogens is 1. The fourth-order valence-electron chi connectivity index (χ4n) is 1.99. The summed E-state index contributed by atoms with van der Waals surface area (Å²) < 4.78 is 11.3. The van der Waals surface area contributed by atoms with Crippen LogP contribution in [0.5, 0.6) is 0 Å². The molecule has 0 spiro atoms. The van der Waals surface area contributed by atoms with Gasteiger partial charge in [-0.3, -0.25) is 4.90 Å². The molecule has 1 aromatic heterocycles. The molecular weight excluding hydrogens is 360 g/mol. The van der Waals surface area contributed by atoms with Crippen LogP contribution in [0.1, 0.15) is 12.0 Å². The molecule has 0 aliphatic carbocycles. The highest BCUT2D eigenvalue weighted by molar-refractivity contribution is 9.10. The van der Waals surface area contributed by atoms with Crippen LogP contribution >= 0.6 is 15.9 Å². The number of anilines is 1. The molecule has 0 N–H and O–H groups in total. The number of carbonyl (C=O) groups excluding carboxylic acids is 1. The minimum atomic E-state index is -0.417. The molecule has 2 rings (SSSR count). The first-order valence-electron chi connectivity index (χ1n) is 7.29. The van der Waals surface area contributed by atoms with Crippen LogP contribution in [0, 0.1) is 0 Å². The van der Waals surface area contributed by atoms with Gasteiger partial charge < -0.3 is 9.47 Å². The first-order valence-corrected chi connectivity index (χ1v) is 8.08. The Kier molecular flexibility index (Phi) is 7.03. The number of benzene rings is 1. The van der Waals surface area contributed by atoms with Gasteiger partial charge in [-0.15, -0.1) is 0 Å². The highest BCUT2D eigenvalue weighted by Gasteiger charge is 2.18. The van der Waals surface area contributed by atoms with Crippen LogP contribution in [0.3, 0.4) is 0 Å². The van der Waals surface area contributed by atoms with Gasteiger partial charge >= 0.3 is 6.09 Å². The summed E-state index contributed by atoms with van der Waals surface area (Å²) in [5, 5.41) is 0. The summed E-state index contributed by atoms with van der Waals surface area (Å²) in [5.41, 5.74) is 0.946. The number of nitrogens with zero attached hydrogens (tertiary/aromatic N) is 2. The molecule has 23 heavy (non-hydrogen) atoms. The maximum atomic E-state index is 12.4. The molecule has 6 heteroatoms. The zero-order valence-electron chi connectivity index (χ0n) is 12.9. The van der Waals surface area contributed by atoms with Gasteiger partial charge in [0.1, 0.15) is 12.4 Å². The standard InChI is InChI=1S/C17H19BrN2O3/c1-22-11-5-10-20(16-9-8-15(18)12-19-16)17(21)23-13-14-6-3-2-4-7-14/h2-4,6-9,12H,5,10-11,13H2,1H3. The third-order valence-electron chi connectivity index (χ3n) is 3.14. The van der Waals surface area contributed by atoms with E-state index < -0.39 is 6.09 Å². The summed E-state index contributed by atoms with van der Waals surface area (Å²) in [7, 11) is 1.63. The van der Waals surface area contributed by atoms with E-state index in [4.69, 9.17) is 9.47 Å². The number of methoxy groups -OCH3 is 1. The number of hydrogen-bond donors (Lipinski definition) is 0. The second-order valence-electron chi connectivity index (χ2n) is 4.87. The molecule has 0 saturated carbocycles. The van der Waals surface area contributed by atoms with Gasteiger partial charge in [0, 0.05) is 30.9 Å². The third-order valence-corrected chi connectivity index (χ3v) is 3.61. The summed E-state index contributed by atoms with van der Waals surface area (Å²) >= 11 is 3.34. The first-order chi connectivity index (χ1) is 11.2. The Morgan fingerprint density at radius 2 is 2.00 bits per heavy atom. The molecule has 0 saturated heterocycles. The Labute approximate surface area is 144 Å². The van der Waals surface area contributed by atoms with Crippen molar-refractivity contribution in [2.24, 2.45) is 0 Å². The molecule has 0 aliphatic heterocycles. The minimum absolute atomic E-state index is 0.233. The van der Waals surface area contributed by atoms with Crippen molar-refractivity contribution < 1.29 is 14.3 Å². The Balaban J connectivity index is 2.02. The summed E-state index contributed by atoms with van der Waals surface area (Å²) in [4.78, 5) is 18.2. The Morgan fingerprint density at radius 1 is 1.22 bits per heavy atom. The molecule has 0 fully saturated rings. The van der Waals surface area contributed by atoms with Crippen LogP contribution < -0.4 is 4.90 Å². The molecule has 0 aliphatic rings. The van der Waals surface area contributed by atoms with Crippen LogP contribution in [0.15, 0.2) is 53.1 Å². The van der Waals surface area contributed by atoms with E-state index >= 15 is 0 Å². The average Bonchev–Trinajstić information content (AvgIpc) is 2.59. The molecule has 0 radical (unpaired) electrons. The lowest BCUT2D eigenvalue weighted by Gasteiger charge is -2.21. The molecule has 0 atom stereocenters. The zero-order valence-corrected chi connectivity index (χ0v) is 14.5. The molecular formula is C17H19BrN2O3. The fourth-order valence-corrected chi connectivity index (χ4v) is 2.23. The van der Waals surface area contributed by atoms with Crippen molar-refractivity contribution in [2.45, 2.75) is 13.0 Å². The van der Waals surface area contributed by atoms with Crippen molar-refractivity contribution in [1.82, 2.24) is 4.98 Å². The monoisotopic (exact) mass is 378 g/mol. The lowest BCUT2D eigenvalue weighted by atomic mass is 10.2. The smallest absolute Gasteiger partial charge is 0.415 e. The van der Waals surface area contributed by atoms with Gasteiger partial charge in [-0.05, 0) is 40.0 Å². The highest BCUT2D eigenvalue weighted by atomic mass is 79.9. The lowest BCUT2D eigenvalue weighted by Crippen LogP contribution is -2.33. The number of hydrogen-bond acceptors (Lipinski definition) is 4. The molecule has 0 unspecified atom stereocenters. The quantitative estimate of drug-likeness (QED) is 0.682. The van der Waals surface area contributed by atoms with Crippen LogP contribution in [0.2, 0.25) is 0 Å². The van der Waals surface area contributed by atoms with Crippen LogP contribution in [-0.2, 0) is 16.1 Å². The number of halogens is 1.